The number of methoxy groups -OCH3 is 1. The summed E-state index contributed by atoms with van der Waals surface area (Å²) in [5, 5.41) is 21.5. The minimum absolute atomic E-state index is 0.108. The number of hydrogen-bond donors (Lipinski definition) is 5. The van der Waals surface area contributed by atoms with E-state index in [0.717, 1.165) is 10.0 Å². The molecule has 2 rings (SSSR count). The number of hydrazine groups is 1. The molecule has 0 fully saturated rings. The van der Waals surface area contributed by atoms with Gasteiger partial charge in [-0.2, -0.15) is 0 Å². The molecule has 0 spiro atoms. The summed E-state index contributed by atoms with van der Waals surface area (Å²) < 4.78 is 5.59. The van der Waals surface area contributed by atoms with Gasteiger partial charge in [-0.3, -0.25) is 19.8 Å². The second kappa shape index (κ2) is 15.5. The summed E-state index contributed by atoms with van der Waals surface area (Å²) in [4.78, 5) is 52.5. The Balaban J connectivity index is 2.56. The van der Waals surface area contributed by atoms with Crippen LogP contribution in [0.1, 0.15) is 52.7 Å². The van der Waals surface area contributed by atoms with Crippen LogP contribution in [-0.2, 0) is 32.1 Å². The highest BCUT2D eigenvalue weighted by atomic mass is 79.9. The number of halogens is 1. The van der Waals surface area contributed by atoms with E-state index in [1.54, 1.807) is 45.0 Å². The lowest BCUT2D eigenvalue weighted by atomic mass is 9.84. The van der Waals surface area contributed by atoms with E-state index >= 15 is 0 Å². The molecule has 0 bridgehead atoms. The molecule has 2 aromatic rings. The highest BCUT2D eigenvalue weighted by Gasteiger charge is 2.43. The van der Waals surface area contributed by atoms with Crippen LogP contribution in [0.4, 0.5) is 4.79 Å². The first-order chi connectivity index (χ1) is 20.4. The number of rotatable bonds is 12. The Morgan fingerprint density at radius 2 is 1.39 bits per heavy atom. The Bertz CT molecular complexity index is 1280. The van der Waals surface area contributed by atoms with Gasteiger partial charge in [0, 0.05) is 24.5 Å². The summed E-state index contributed by atoms with van der Waals surface area (Å²) in [6.45, 7) is 10.6. The number of alkyl carbamates (subject to hydrolysis) is 1. The van der Waals surface area contributed by atoms with E-state index in [1.165, 1.54) is 19.2 Å². The van der Waals surface area contributed by atoms with Gasteiger partial charge >= 0.3 is 6.09 Å². The van der Waals surface area contributed by atoms with Gasteiger partial charge in [0.1, 0.15) is 12.1 Å². The molecule has 0 aliphatic heterocycles. The molecule has 0 radical (unpaired) electrons. The van der Waals surface area contributed by atoms with Crippen molar-refractivity contribution >= 4 is 39.7 Å². The Labute approximate surface area is 268 Å². The van der Waals surface area contributed by atoms with Gasteiger partial charge in [-0.25, -0.2) is 9.80 Å². The molecule has 44 heavy (non-hydrogen) atoms. The Hall–Kier alpha value is -3.48. The fraction of sp³-hybridized carbons (Fsp3) is 0.500. The van der Waals surface area contributed by atoms with Crippen molar-refractivity contribution < 1.29 is 29.0 Å². The third-order valence-electron chi connectivity index (χ3n) is 7.00. The smallest absolute Gasteiger partial charge is 0.407 e. The highest BCUT2D eigenvalue weighted by molar-refractivity contribution is 9.10. The van der Waals surface area contributed by atoms with E-state index in [-0.39, 0.29) is 19.5 Å². The second-order valence-corrected chi connectivity index (χ2v) is 13.9. The third kappa shape index (κ3) is 10.9. The normalized spacial score (nSPS) is 14.5. The predicted molar refractivity (Wildman–Crippen MR) is 172 cm³/mol. The zero-order valence-corrected chi connectivity index (χ0v) is 28.4. The van der Waals surface area contributed by atoms with Gasteiger partial charge in [0.15, 0.2) is 5.60 Å². The topological polar surface area (TPSA) is 149 Å². The van der Waals surface area contributed by atoms with Crippen LogP contribution in [0, 0.1) is 10.8 Å². The molecule has 0 saturated carbocycles. The molecule has 0 aliphatic rings. The molecule has 2 aromatic carbocycles. The quantitative estimate of drug-likeness (QED) is 0.217. The van der Waals surface area contributed by atoms with Crippen molar-refractivity contribution in [1.82, 2.24) is 26.4 Å². The molecule has 4 amide bonds. The Morgan fingerprint density at radius 3 is 1.89 bits per heavy atom. The van der Waals surface area contributed by atoms with Gasteiger partial charge in [0.05, 0.1) is 13.7 Å². The van der Waals surface area contributed by atoms with E-state index in [0.29, 0.717) is 5.56 Å². The Kier molecular flexibility index (Phi) is 12.9. The van der Waals surface area contributed by atoms with Gasteiger partial charge in [-0.05, 0) is 34.1 Å². The summed E-state index contributed by atoms with van der Waals surface area (Å²) in [5.41, 5.74) is 0.786. The maximum Gasteiger partial charge on any atom is 0.407 e. The maximum absolute atomic E-state index is 14.0. The molecule has 0 aromatic heterocycles. The molecule has 3 atom stereocenters. The van der Waals surface area contributed by atoms with Gasteiger partial charge in [0.2, 0.25) is 5.91 Å². The monoisotopic (exact) mass is 675 g/mol. The minimum Gasteiger partial charge on any atom is -0.453 e. The average Bonchev–Trinajstić information content (AvgIpc) is 2.94. The molecule has 0 heterocycles. The molecule has 0 saturated heterocycles. The van der Waals surface area contributed by atoms with Crippen LogP contribution < -0.4 is 21.4 Å². The van der Waals surface area contributed by atoms with Crippen LogP contribution in [0.25, 0.3) is 0 Å². The summed E-state index contributed by atoms with van der Waals surface area (Å²) in [6.07, 6.45) is -0.887. The fourth-order valence-corrected chi connectivity index (χ4v) is 4.82. The van der Waals surface area contributed by atoms with Gasteiger partial charge in [-0.1, -0.05) is 99.9 Å². The van der Waals surface area contributed by atoms with Crippen molar-refractivity contribution in [2.45, 2.75) is 72.2 Å². The van der Waals surface area contributed by atoms with Gasteiger partial charge < -0.3 is 25.8 Å². The number of ether oxygens (including phenoxy) is 1. The number of benzene rings is 2. The lowest BCUT2D eigenvalue weighted by Crippen LogP contribution is -2.64. The van der Waals surface area contributed by atoms with Crippen molar-refractivity contribution in [2.75, 3.05) is 20.7 Å². The molecule has 5 N–H and O–H groups in total. The standard InChI is InChI=1S/C32H46BrN5O6/c1-30(2,3)24(26(39)34-7)35-28(41)32(43,18-21-12-10-9-11-13-21)20-38(19-22-14-16-23(33)17-15-22)37-27(40)25(31(4,5)6)36-29(42)44-8/h9-17,24-25,43H,18-20H2,1-8H3,(H,34,39)(H,35,41)(H,36,42)(H,37,40)/t24-,25+,32-/m0/s1. The predicted octanol–water partition coefficient (Wildman–Crippen LogP) is 3.30. The van der Waals surface area contributed by atoms with Crippen LogP contribution >= 0.6 is 15.9 Å². The molecular weight excluding hydrogens is 630 g/mol. The Morgan fingerprint density at radius 1 is 0.841 bits per heavy atom. The van der Waals surface area contributed by atoms with Crippen molar-refractivity contribution in [2.24, 2.45) is 10.8 Å². The summed E-state index contributed by atoms with van der Waals surface area (Å²) in [5.74, 6) is -1.75. The van der Waals surface area contributed by atoms with Gasteiger partial charge in [0.25, 0.3) is 11.8 Å². The van der Waals surface area contributed by atoms with Gasteiger partial charge in [-0.15, -0.1) is 0 Å². The number of amides is 4. The number of carbonyl (C=O) groups excluding carboxylic acids is 4. The zero-order chi connectivity index (χ0) is 33.3. The lowest BCUT2D eigenvalue weighted by molar-refractivity contribution is -0.149. The number of nitrogens with zero attached hydrogens (tertiary/aromatic N) is 1. The van der Waals surface area contributed by atoms with Crippen molar-refractivity contribution in [3.63, 3.8) is 0 Å². The van der Waals surface area contributed by atoms with E-state index in [9.17, 15) is 24.3 Å². The van der Waals surface area contributed by atoms with Crippen molar-refractivity contribution in [3.05, 3.63) is 70.2 Å². The second-order valence-electron chi connectivity index (χ2n) is 13.0. The first kappa shape index (κ1) is 36.7. The zero-order valence-electron chi connectivity index (χ0n) is 26.8. The number of hydrogen-bond acceptors (Lipinski definition) is 7. The number of carbonyl (C=O) groups is 4. The fourth-order valence-electron chi connectivity index (χ4n) is 4.56. The minimum atomic E-state index is -2.10. The SMILES string of the molecule is CNC(=O)[C@H](NC(=O)[C@](O)(Cc1ccccc1)CN(Cc1ccc(Br)cc1)NC(=O)[C@@H](NC(=O)OC)C(C)(C)C)C(C)(C)C. The first-order valence-corrected chi connectivity index (χ1v) is 15.1. The molecule has 242 valence electrons. The lowest BCUT2D eigenvalue weighted by Gasteiger charge is -2.38. The number of nitrogens with one attached hydrogen (secondary N) is 4. The van der Waals surface area contributed by atoms with Crippen LogP contribution in [-0.4, -0.2) is 72.3 Å². The third-order valence-corrected chi connectivity index (χ3v) is 7.52. The van der Waals surface area contributed by atoms with Crippen LogP contribution in [0.5, 0.6) is 0 Å². The van der Waals surface area contributed by atoms with E-state index in [2.05, 4.69) is 37.3 Å². The largest absolute Gasteiger partial charge is 0.453 e. The molecule has 12 heteroatoms. The number of likely N-dealkylation sites (N-methyl/N-ethyl adjacent to an activating group) is 1. The maximum atomic E-state index is 14.0. The van der Waals surface area contributed by atoms with E-state index < -0.39 is 52.3 Å². The average molecular weight is 677 g/mol. The van der Waals surface area contributed by atoms with Crippen molar-refractivity contribution in [1.29, 1.82) is 0 Å². The molecule has 0 aliphatic carbocycles. The molecular formula is C32H46BrN5O6. The van der Waals surface area contributed by atoms with Crippen LogP contribution in [0.2, 0.25) is 0 Å². The van der Waals surface area contributed by atoms with Crippen molar-refractivity contribution in [3.8, 4) is 0 Å². The summed E-state index contributed by atoms with van der Waals surface area (Å²) in [7, 11) is 2.69. The first-order valence-electron chi connectivity index (χ1n) is 14.3. The molecule has 0 unspecified atom stereocenters. The van der Waals surface area contributed by atoms with Crippen LogP contribution in [0.15, 0.2) is 59.1 Å². The highest BCUT2D eigenvalue weighted by Crippen LogP contribution is 2.24. The van der Waals surface area contributed by atoms with Crippen LogP contribution in [0.3, 0.4) is 0 Å². The molecule has 11 nitrogen and oxygen atoms in total. The summed E-state index contributed by atoms with van der Waals surface area (Å²) in [6, 6.07) is 14.4. The van der Waals surface area contributed by atoms with E-state index in [4.69, 9.17) is 4.74 Å². The summed E-state index contributed by atoms with van der Waals surface area (Å²) >= 11 is 3.42. The number of aliphatic hydroxyl groups is 1. The van der Waals surface area contributed by atoms with E-state index in [1.807, 2.05) is 51.1 Å².